The molecular weight excluding hydrogens is 190 g/mol. The second-order valence-corrected chi connectivity index (χ2v) is 3.65. The molecule has 0 fully saturated rings. The highest BCUT2D eigenvalue weighted by Crippen LogP contribution is 1.96. The van der Waals surface area contributed by atoms with Crippen molar-refractivity contribution in [2.45, 2.75) is 39.7 Å². The van der Waals surface area contributed by atoms with Gasteiger partial charge < -0.3 is 5.32 Å². The van der Waals surface area contributed by atoms with Crippen molar-refractivity contribution in [1.29, 1.82) is 0 Å². The first kappa shape index (κ1) is 11.8. The van der Waals surface area contributed by atoms with Crippen molar-refractivity contribution in [3.8, 4) is 0 Å². The third-order valence-electron chi connectivity index (χ3n) is 2.27. The summed E-state index contributed by atoms with van der Waals surface area (Å²) in [6.07, 6.45) is 4.26. The molecule has 1 aromatic heterocycles. The monoisotopic (exact) mass is 209 g/mol. The number of nitrogens with one attached hydrogen (secondary N) is 1. The van der Waals surface area contributed by atoms with E-state index in [1.807, 2.05) is 24.6 Å². The molecule has 0 saturated heterocycles. The van der Waals surface area contributed by atoms with E-state index < -0.39 is 0 Å². The van der Waals surface area contributed by atoms with E-state index in [0.717, 1.165) is 31.6 Å². The van der Waals surface area contributed by atoms with Gasteiger partial charge in [0.05, 0.1) is 0 Å². The smallest absolute Gasteiger partial charge is 0.219 e. The SMILES string of the molecule is CCCC(=O)NCCCn1nccc1C. The minimum absolute atomic E-state index is 0.148. The molecule has 1 amide bonds. The van der Waals surface area contributed by atoms with E-state index in [-0.39, 0.29) is 5.91 Å². The first-order chi connectivity index (χ1) is 7.24. The molecule has 0 atom stereocenters. The summed E-state index contributed by atoms with van der Waals surface area (Å²) in [5.41, 5.74) is 1.16. The molecule has 1 rings (SSSR count). The van der Waals surface area contributed by atoms with Crippen LogP contribution >= 0.6 is 0 Å². The summed E-state index contributed by atoms with van der Waals surface area (Å²) >= 11 is 0. The summed E-state index contributed by atoms with van der Waals surface area (Å²) < 4.78 is 1.95. The molecule has 4 heteroatoms. The number of aromatic nitrogens is 2. The van der Waals surface area contributed by atoms with E-state index in [1.54, 1.807) is 6.20 Å². The second-order valence-electron chi connectivity index (χ2n) is 3.65. The average molecular weight is 209 g/mol. The van der Waals surface area contributed by atoms with Crippen molar-refractivity contribution in [2.75, 3.05) is 6.54 Å². The van der Waals surface area contributed by atoms with Crippen molar-refractivity contribution in [1.82, 2.24) is 15.1 Å². The van der Waals surface area contributed by atoms with Crippen LogP contribution in [0.4, 0.5) is 0 Å². The lowest BCUT2D eigenvalue weighted by atomic mass is 10.3. The number of hydrogen-bond acceptors (Lipinski definition) is 2. The molecule has 0 radical (unpaired) electrons. The Morgan fingerprint density at radius 3 is 3.00 bits per heavy atom. The Balaban J connectivity index is 2.12. The van der Waals surface area contributed by atoms with Gasteiger partial charge in [-0.15, -0.1) is 0 Å². The molecular formula is C11H19N3O. The lowest BCUT2D eigenvalue weighted by Gasteiger charge is -2.05. The van der Waals surface area contributed by atoms with Gasteiger partial charge in [0.15, 0.2) is 0 Å². The van der Waals surface area contributed by atoms with Gasteiger partial charge in [0.2, 0.25) is 5.91 Å². The van der Waals surface area contributed by atoms with Crippen LogP contribution in [0.15, 0.2) is 12.3 Å². The number of amides is 1. The summed E-state index contributed by atoms with van der Waals surface area (Å²) in [4.78, 5) is 11.1. The van der Waals surface area contributed by atoms with Gasteiger partial charge in [-0.25, -0.2) is 0 Å². The van der Waals surface area contributed by atoms with Crippen molar-refractivity contribution >= 4 is 5.91 Å². The third kappa shape index (κ3) is 4.14. The van der Waals surface area contributed by atoms with E-state index in [0.29, 0.717) is 6.42 Å². The highest BCUT2D eigenvalue weighted by Gasteiger charge is 1.99. The molecule has 84 valence electrons. The zero-order chi connectivity index (χ0) is 11.1. The van der Waals surface area contributed by atoms with Crippen LogP contribution in [-0.4, -0.2) is 22.2 Å². The fraction of sp³-hybridized carbons (Fsp3) is 0.636. The quantitative estimate of drug-likeness (QED) is 0.722. The van der Waals surface area contributed by atoms with E-state index in [4.69, 9.17) is 0 Å². The van der Waals surface area contributed by atoms with E-state index in [9.17, 15) is 4.79 Å². The van der Waals surface area contributed by atoms with Gasteiger partial charge in [0.1, 0.15) is 0 Å². The summed E-state index contributed by atoms with van der Waals surface area (Å²) in [7, 11) is 0. The van der Waals surface area contributed by atoms with Gasteiger partial charge in [0.25, 0.3) is 0 Å². The molecule has 4 nitrogen and oxygen atoms in total. The summed E-state index contributed by atoms with van der Waals surface area (Å²) in [5, 5.41) is 7.06. The van der Waals surface area contributed by atoms with Gasteiger partial charge >= 0.3 is 0 Å². The predicted molar refractivity (Wildman–Crippen MR) is 59.5 cm³/mol. The van der Waals surface area contributed by atoms with E-state index in [2.05, 4.69) is 10.4 Å². The van der Waals surface area contributed by atoms with Gasteiger partial charge in [-0.05, 0) is 25.8 Å². The Bertz CT molecular complexity index is 307. The molecule has 15 heavy (non-hydrogen) atoms. The molecule has 0 aromatic carbocycles. The molecule has 0 saturated carbocycles. The maximum absolute atomic E-state index is 11.1. The van der Waals surface area contributed by atoms with Crippen LogP contribution in [0.1, 0.15) is 31.9 Å². The first-order valence-electron chi connectivity index (χ1n) is 5.49. The van der Waals surface area contributed by atoms with E-state index in [1.165, 1.54) is 0 Å². The van der Waals surface area contributed by atoms with Crippen LogP contribution < -0.4 is 5.32 Å². The van der Waals surface area contributed by atoms with Crippen LogP contribution in [0, 0.1) is 6.92 Å². The summed E-state index contributed by atoms with van der Waals surface area (Å²) in [6.45, 7) is 5.64. The first-order valence-corrected chi connectivity index (χ1v) is 5.49. The minimum Gasteiger partial charge on any atom is -0.356 e. The normalized spacial score (nSPS) is 10.3. The maximum Gasteiger partial charge on any atom is 0.219 e. The summed E-state index contributed by atoms with van der Waals surface area (Å²) in [5.74, 6) is 0.148. The van der Waals surface area contributed by atoms with E-state index >= 15 is 0 Å². The van der Waals surface area contributed by atoms with Gasteiger partial charge in [-0.3, -0.25) is 9.48 Å². The molecule has 0 bridgehead atoms. The maximum atomic E-state index is 11.1. The van der Waals surface area contributed by atoms with Crippen molar-refractivity contribution in [3.63, 3.8) is 0 Å². The van der Waals surface area contributed by atoms with Gasteiger partial charge in [-0.1, -0.05) is 6.92 Å². The number of carbonyl (C=O) groups is 1. The topological polar surface area (TPSA) is 46.9 Å². The molecule has 0 aliphatic rings. The lowest BCUT2D eigenvalue weighted by Crippen LogP contribution is -2.24. The number of rotatable bonds is 6. The highest BCUT2D eigenvalue weighted by atomic mass is 16.1. The Morgan fingerprint density at radius 1 is 1.60 bits per heavy atom. The number of nitrogens with zero attached hydrogens (tertiary/aromatic N) is 2. The molecule has 0 aliphatic carbocycles. The average Bonchev–Trinajstić information content (AvgIpc) is 2.60. The second kappa shape index (κ2) is 6.22. The fourth-order valence-corrected chi connectivity index (χ4v) is 1.40. The standard InChI is InChI=1S/C11H19N3O/c1-3-5-11(15)12-7-4-9-14-10(2)6-8-13-14/h6,8H,3-5,7,9H2,1-2H3,(H,12,15). The van der Waals surface area contributed by atoms with Crippen LogP contribution in [0.3, 0.4) is 0 Å². The van der Waals surface area contributed by atoms with Crippen molar-refractivity contribution < 1.29 is 4.79 Å². The van der Waals surface area contributed by atoms with Crippen LogP contribution in [0.2, 0.25) is 0 Å². The van der Waals surface area contributed by atoms with Crippen LogP contribution in [0.25, 0.3) is 0 Å². The number of carbonyl (C=O) groups excluding carboxylic acids is 1. The molecule has 0 spiro atoms. The molecule has 1 heterocycles. The van der Waals surface area contributed by atoms with Crippen LogP contribution in [-0.2, 0) is 11.3 Å². The Hall–Kier alpha value is -1.32. The molecule has 1 aromatic rings. The van der Waals surface area contributed by atoms with Crippen molar-refractivity contribution in [3.05, 3.63) is 18.0 Å². The number of aryl methyl sites for hydroxylation is 2. The third-order valence-corrected chi connectivity index (χ3v) is 2.27. The molecule has 0 unspecified atom stereocenters. The van der Waals surface area contributed by atoms with Gasteiger partial charge in [-0.2, -0.15) is 5.10 Å². The summed E-state index contributed by atoms with van der Waals surface area (Å²) in [6, 6.07) is 1.98. The highest BCUT2D eigenvalue weighted by molar-refractivity contribution is 5.75. The van der Waals surface area contributed by atoms with Crippen molar-refractivity contribution in [2.24, 2.45) is 0 Å². The van der Waals surface area contributed by atoms with Crippen LogP contribution in [0.5, 0.6) is 0 Å². The largest absolute Gasteiger partial charge is 0.356 e. The lowest BCUT2D eigenvalue weighted by molar-refractivity contribution is -0.121. The predicted octanol–water partition coefficient (Wildman–Crippen LogP) is 1.50. The molecule has 0 aliphatic heterocycles. The van der Waals surface area contributed by atoms with Gasteiger partial charge in [0, 0.05) is 31.4 Å². The molecule has 1 N–H and O–H groups in total. The Morgan fingerprint density at radius 2 is 2.40 bits per heavy atom. The number of hydrogen-bond donors (Lipinski definition) is 1. The Kier molecular flexibility index (Phi) is 4.87. The fourth-order valence-electron chi connectivity index (χ4n) is 1.40. The minimum atomic E-state index is 0.148. The zero-order valence-corrected chi connectivity index (χ0v) is 9.49. The zero-order valence-electron chi connectivity index (χ0n) is 9.49. The Labute approximate surface area is 90.7 Å².